The van der Waals surface area contributed by atoms with Crippen LogP contribution in [0.2, 0.25) is 0 Å². The second-order valence-electron chi connectivity index (χ2n) is 6.57. The molecule has 2 N–H and O–H groups in total. The molecule has 0 bridgehead atoms. The Hall–Kier alpha value is -1.93. The number of rotatable bonds is 8. The third-order valence-corrected chi connectivity index (χ3v) is 6.56. The molecule has 1 aliphatic heterocycles. The van der Waals surface area contributed by atoms with Crippen LogP contribution in [0.1, 0.15) is 25.3 Å². The topological polar surface area (TPSA) is 104 Å². The third-order valence-electron chi connectivity index (χ3n) is 4.71. The van der Waals surface area contributed by atoms with E-state index in [1.807, 2.05) is 30.3 Å². The minimum absolute atomic E-state index is 0.0134. The second kappa shape index (κ2) is 9.14. The maximum absolute atomic E-state index is 12.4. The molecular formula is C18H26N2O5S. The summed E-state index contributed by atoms with van der Waals surface area (Å²) in [6, 6.07) is 9.26. The highest BCUT2D eigenvalue weighted by Gasteiger charge is 2.31. The van der Waals surface area contributed by atoms with Crippen LogP contribution in [0.4, 0.5) is 0 Å². The molecule has 1 aromatic rings. The minimum atomic E-state index is -3.31. The second-order valence-corrected chi connectivity index (χ2v) is 8.83. The van der Waals surface area contributed by atoms with E-state index in [1.165, 1.54) is 4.31 Å². The molecule has 2 atom stereocenters. The summed E-state index contributed by atoms with van der Waals surface area (Å²) >= 11 is 0. The van der Waals surface area contributed by atoms with Crippen molar-refractivity contribution in [2.24, 2.45) is 11.8 Å². The third kappa shape index (κ3) is 5.54. The number of piperidine rings is 1. The predicted molar refractivity (Wildman–Crippen MR) is 98.0 cm³/mol. The van der Waals surface area contributed by atoms with Gasteiger partial charge in [0, 0.05) is 19.6 Å². The number of nitrogens with zero attached hydrogens (tertiary/aromatic N) is 1. The Kier molecular flexibility index (Phi) is 7.16. The molecule has 2 rings (SSSR count). The van der Waals surface area contributed by atoms with E-state index in [1.54, 1.807) is 6.92 Å². The highest BCUT2D eigenvalue weighted by atomic mass is 32.2. The number of carbonyl (C=O) groups excluding carboxylic acids is 1. The van der Waals surface area contributed by atoms with E-state index < -0.39 is 27.8 Å². The lowest BCUT2D eigenvalue weighted by Gasteiger charge is -2.31. The molecule has 7 nitrogen and oxygen atoms in total. The van der Waals surface area contributed by atoms with E-state index in [0.717, 1.165) is 5.56 Å². The molecule has 1 fully saturated rings. The lowest BCUT2D eigenvalue weighted by atomic mass is 9.97. The summed E-state index contributed by atoms with van der Waals surface area (Å²) in [6.07, 6.45) is 1.57. The molecule has 0 radical (unpaired) electrons. The van der Waals surface area contributed by atoms with Crippen LogP contribution in [0.25, 0.3) is 0 Å². The average Bonchev–Trinajstić information content (AvgIpc) is 2.65. The van der Waals surface area contributed by atoms with Gasteiger partial charge in [-0.25, -0.2) is 12.7 Å². The Labute approximate surface area is 154 Å². The number of hydrogen-bond donors (Lipinski definition) is 2. The molecule has 1 saturated heterocycles. The van der Waals surface area contributed by atoms with Crippen LogP contribution in [0, 0.1) is 11.8 Å². The van der Waals surface area contributed by atoms with Crippen molar-refractivity contribution in [2.75, 3.05) is 25.4 Å². The number of nitrogens with one attached hydrogen (secondary N) is 1. The van der Waals surface area contributed by atoms with E-state index in [-0.39, 0.29) is 24.7 Å². The van der Waals surface area contributed by atoms with Gasteiger partial charge in [-0.05, 0) is 31.7 Å². The summed E-state index contributed by atoms with van der Waals surface area (Å²) in [7, 11) is -3.31. The SMILES string of the molecule is CCS(=O)(=O)N1CCCC(C(=O)NCC(Cc2ccccc2)C(=O)O)C1. The minimum Gasteiger partial charge on any atom is -0.481 e. The van der Waals surface area contributed by atoms with E-state index in [0.29, 0.717) is 25.8 Å². The summed E-state index contributed by atoms with van der Waals surface area (Å²) in [4.78, 5) is 23.9. The molecule has 1 aliphatic rings. The van der Waals surface area contributed by atoms with Crippen LogP contribution in [-0.2, 0) is 26.0 Å². The summed E-state index contributed by atoms with van der Waals surface area (Å²) in [5.41, 5.74) is 0.895. The molecule has 0 aliphatic carbocycles. The van der Waals surface area contributed by atoms with Gasteiger partial charge in [0.1, 0.15) is 0 Å². The van der Waals surface area contributed by atoms with E-state index in [4.69, 9.17) is 0 Å². The Balaban J connectivity index is 1.92. The molecule has 144 valence electrons. The number of amides is 1. The standard InChI is InChI=1S/C18H26N2O5S/c1-2-26(24,25)20-10-6-9-15(13-20)17(21)19-12-16(18(22)23)11-14-7-4-3-5-8-14/h3-5,7-8,15-16H,2,6,9-13H2,1H3,(H,19,21)(H,22,23). The zero-order valence-electron chi connectivity index (χ0n) is 14.9. The quantitative estimate of drug-likeness (QED) is 0.701. The Morgan fingerprint density at radius 2 is 2.00 bits per heavy atom. The van der Waals surface area contributed by atoms with Crippen LogP contribution in [0.3, 0.4) is 0 Å². The van der Waals surface area contributed by atoms with Crippen molar-refractivity contribution in [3.8, 4) is 0 Å². The first kappa shape index (κ1) is 20.4. The van der Waals surface area contributed by atoms with Crippen molar-refractivity contribution < 1.29 is 23.1 Å². The van der Waals surface area contributed by atoms with Crippen LogP contribution in [-0.4, -0.2) is 55.1 Å². The van der Waals surface area contributed by atoms with Gasteiger partial charge in [0.25, 0.3) is 0 Å². The zero-order valence-corrected chi connectivity index (χ0v) is 15.7. The zero-order chi connectivity index (χ0) is 19.2. The van der Waals surface area contributed by atoms with Crippen molar-refractivity contribution in [1.82, 2.24) is 9.62 Å². The first-order valence-corrected chi connectivity index (χ1v) is 10.5. The first-order chi connectivity index (χ1) is 12.3. The van der Waals surface area contributed by atoms with Gasteiger partial charge in [-0.3, -0.25) is 9.59 Å². The monoisotopic (exact) mass is 382 g/mol. The van der Waals surface area contributed by atoms with Gasteiger partial charge in [-0.1, -0.05) is 30.3 Å². The number of hydrogen-bond acceptors (Lipinski definition) is 4. The summed E-state index contributed by atoms with van der Waals surface area (Å²) < 4.78 is 25.4. The molecule has 0 spiro atoms. The Bertz CT molecular complexity index is 720. The fourth-order valence-electron chi connectivity index (χ4n) is 3.11. The van der Waals surface area contributed by atoms with Crippen molar-refractivity contribution in [3.63, 3.8) is 0 Å². The van der Waals surface area contributed by atoms with Gasteiger partial charge in [-0.15, -0.1) is 0 Å². The molecule has 2 unspecified atom stereocenters. The normalized spacial score (nSPS) is 19.7. The lowest BCUT2D eigenvalue weighted by molar-refractivity contribution is -0.141. The van der Waals surface area contributed by atoms with Crippen molar-refractivity contribution in [1.29, 1.82) is 0 Å². The summed E-state index contributed by atoms with van der Waals surface area (Å²) in [5.74, 6) is -2.38. The van der Waals surface area contributed by atoms with E-state index in [9.17, 15) is 23.1 Å². The number of carboxylic acids is 1. The molecule has 0 saturated carbocycles. The Morgan fingerprint density at radius 1 is 1.31 bits per heavy atom. The highest BCUT2D eigenvalue weighted by Crippen LogP contribution is 2.20. The lowest BCUT2D eigenvalue weighted by Crippen LogP contribution is -2.47. The number of sulfonamides is 1. The fraction of sp³-hybridized carbons (Fsp3) is 0.556. The Morgan fingerprint density at radius 3 is 2.62 bits per heavy atom. The molecule has 1 heterocycles. The largest absolute Gasteiger partial charge is 0.481 e. The maximum Gasteiger partial charge on any atom is 0.308 e. The predicted octanol–water partition coefficient (Wildman–Crippen LogP) is 1.11. The molecule has 26 heavy (non-hydrogen) atoms. The summed E-state index contributed by atoms with van der Waals surface area (Å²) in [5, 5.41) is 12.1. The first-order valence-electron chi connectivity index (χ1n) is 8.85. The number of aliphatic carboxylic acids is 1. The van der Waals surface area contributed by atoms with Crippen molar-refractivity contribution in [2.45, 2.75) is 26.2 Å². The number of benzene rings is 1. The van der Waals surface area contributed by atoms with Gasteiger partial charge in [0.15, 0.2) is 0 Å². The maximum atomic E-state index is 12.4. The average molecular weight is 382 g/mol. The van der Waals surface area contributed by atoms with E-state index >= 15 is 0 Å². The van der Waals surface area contributed by atoms with Gasteiger partial charge in [0.05, 0.1) is 17.6 Å². The smallest absolute Gasteiger partial charge is 0.308 e. The van der Waals surface area contributed by atoms with Crippen molar-refractivity contribution >= 4 is 21.9 Å². The highest BCUT2D eigenvalue weighted by molar-refractivity contribution is 7.89. The number of carboxylic acid groups (broad SMARTS) is 1. The van der Waals surface area contributed by atoms with Gasteiger partial charge in [-0.2, -0.15) is 0 Å². The molecule has 0 aromatic heterocycles. The van der Waals surface area contributed by atoms with Gasteiger partial charge in [0.2, 0.25) is 15.9 Å². The summed E-state index contributed by atoms with van der Waals surface area (Å²) in [6.45, 7) is 2.21. The van der Waals surface area contributed by atoms with Crippen molar-refractivity contribution in [3.05, 3.63) is 35.9 Å². The van der Waals surface area contributed by atoms with Crippen LogP contribution in [0.15, 0.2) is 30.3 Å². The van der Waals surface area contributed by atoms with Crippen LogP contribution < -0.4 is 5.32 Å². The van der Waals surface area contributed by atoms with Crippen LogP contribution >= 0.6 is 0 Å². The van der Waals surface area contributed by atoms with Crippen LogP contribution in [0.5, 0.6) is 0 Å². The van der Waals surface area contributed by atoms with Gasteiger partial charge < -0.3 is 10.4 Å². The van der Waals surface area contributed by atoms with Gasteiger partial charge >= 0.3 is 5.97 Å². The number of carbonyl (C=O) groups is 2. The fourth-order valence-corrected chi connectivity index (χ4v) is 4.28. The van der Waals surface area contributed by atoms with E-state index in [2.05, 4.69) is 5.32 Å². The molecule has 8 heteroatoms. The molecule has 1 aromatic carbocycles. The molecular weight excluding hydrogens is 356 g/mol. The molecule has 1 amide bonds.